The molecule has 0 unspecified atom stereocenters. The fraction of sp³-hybridized carbons (Fsp3) is 0.455. The van der Waals surface area contributed by atoms with Crippen LogP contribution in [0, 0.1) is 5.82 Å². The second-order valence-electron chi connectivity index (χ2n) is 4.31. The van der Waals surface area contributed by atoms with Gasteiger partial charge in [-0.2, -0.15) is 8.78 Å². The summed E-state index contributed by atoms with van der Waals surface area (Å²) in [4.78, 5) is 0. The number of hydrogen-bond acceptors (Lipinski definition) is 4. The van der Waals surface area contributed by atoms with Crippen molar-refractivity contribution in [3.8, 4) is 5.75 Å². The number of rotatable bonds is 5. The van der Waals surface area contributed by atoms with Gasteiger partial charge in [0.25, 0.3) is 0 Å². The summed E-state index contributed by atoms with van der Waals surface area (Å²) in [6, 6.07) is 1.99. The lowest BCUT2D eigenvalue weighted by Gasteiger charge is -2.18. The largest absolute Gasteiger partial charge is 0.432 e. The first-order valence-corrected chi connectivity index (χ1v) is 5.39. The summed E-state index contributed by atoms with van der Waals surface area (Å²) in [5, 5.41) is 12.1. The van der Waals surface area contributed by atoms with E-state index in [1.807, 2.05) is 0 Å². The van der Waals surface area contributed by atoms with E-state index in [0.29, 0.717) is 0 Å². The highest BCUT2D eigenvalue weighted by molar-refractivity contribution is 5.70. The van der Waals surface area contributed by atoms with Crippen molar-refractivity contribution in [2.75, 3.05) is 17.7 Å². The number of anilines is 2. The highest BCUT2D eigenvalue weighted by Crippen LogP contribution is 2.41. The first-order chi connectivity index (χ1) is 8.46. The Morgan fingerprint density at radius 1 is 1.44 bits per heavy atom. The highest BCUT2D eigenvalue weighted by Gasteiger charge is 2.42. The molecule has 0 aromatic heterocycles. The van der Waals surface area contributed by atoms with Crippen molar-refractivity contribution in [3.05, 3.63) is 17.9 Å². The Balaban J connectivity index is 2.24. The van der Waals surface area contributed by atoms with Crippen LogP contribution in [0.2, 0.25) is 0 Å². The minimum absolute atomic E-state index is 0.0776. The van der Waals surface area contributed by atoms with Gasteiger partial charge in [0.2, 0.25) is 0 Å². The number of aliphatic hydroxyl groups is 1. The van der Waals surface area contributed by atoms with E-state index in [4.69, 9.17) is 10.8 Å². The molecule has 4 nitrogen and oxygen atoms in total. The summed E-state index contributed by atoms with van der Waals surface area (Å²) in [5.41, 5.74) is 5.46. The van der Waals surface area contributed by atoms with Crippen molar-refractivity contribution in [2.24, 2.45) is 0 Å². The Kier molecular flexibility index (Phi) is 3.25. The number of halogens is 3. The van der Waals surface area contributed by atoms with E-state index in [1.165, 1.54) is 0 Å². The van der Waals surface area contributed by atoms with Crippen LogP contribution < -0.4 is 15.8 Å². The molecule has 0 spiro atoms. The minimum atomic E-state index is -3.11. The maximum absolute atomic E-state index is 13.3. The van der Waals surface area contributed by atoms with Crippen molar-refractivity contribution >= 4 is 11.4 Å². The number of nitrogens with one attached hydrogen (secondary N) is 1. The van der Waals surface area contributed by atoms with Gasteiger partial charge in [0.05, 0.1) is 23.5 Å². The first kappa shape index (κ1) is 12.8. The fourth-order valence-electron chi connectivity index (χ4n) is 1.62. The summed E-state index contributed by atoms with van der Waals surface area (Å²) >= 11 is 0. The van der Waals surface area contributed by atoms with Crippen LogP contribution >= 0.6 is 0 Å². The van der Waals surface area contributed by atoms with Crippen molar-refractivity contribution in [1.82, 2.24) is 0 Å². The Bertz CT molecular complexity index is 450. The topological polar surface area (TPSA) is 67.5 Å². The van der Waals surface area contributed by atoms with Crippen LogP contribution in [0.5, 0.6) is 5.75 Å². The maximum Gasteiger partial charge on any atom is 0.387 e. The molecule has 2 rings (SSSR count). The number of ether oxygens (including phenoxy) is 1. The Morgan fingerprint density at radius 3 is 2.61 bits per heavy atom. The van der Waals surface area contributed by atoms with E-state index >= 15 is 0 Å². The summed E-state index contributed by atoms with van der Waals surface area (Å²) in [5.74, 6) is -1.53. The number of nitrogens with two attached hydrogens (primary N) is 1. The highest BCUT2D eigenvalue weighted by atomic mass is 19.3. The number of nitrogen functional groups attached to an aromatic ring is 1. The van der Waals surface area contributed by atoms with Gasteiger partial charge in [-0.15, -0.1) is 0 Å². The average molecular weight is 262 g/mol. The molecule has 1 aliphatic rings. The second kappa shape index (κ2) is 4.56. The molecule has 4 N–H and O–H groups in total. The maximum atomic E-state index is 13.3. The third-order valence-corrected chi connectivity index (χ3v) is 2.88. The van der Waals surface area contributed by atoms with Gasteiger partial charge >= 0.3 is 6.61 Å². The molecule has 18 heavy (non-hydrogen) atoms. The SMILES string of the molecule is Nc1cc(F)c(OC(F)F)cc1NC1(CO)CC1. The molecule has 0 radical (unpaired) electrons. The lowest BCUT2D eigenvalue weighted by molar-refractivity contribution is -0.0521. The Labute approximate surface area is 102 Å². The van der Waals surface area contributed by atoms with Gasteiger partial charge in [0.1, 0.15) is 0 Å². The zero-order valence-corrected chi connectivity index (χ0v) is 9.42. The molecular formula is C11H13F3N2O2. The van der Waals surface area contributed by atoms with Gasteiger partial charge < -0.3 is 20.9 Å². The van der Waals surface area contributed by atoms with Crippen LogP contribution in [0.4, 0.5) is 24.5 Å². The minimum Gasteiger partial charge on any atom is -0.432 e. The summed E-state index contributed by atoms with van der Waals surface area (Å²) < 4.78 is 41.5. The van der Waals surface area contributed by atoms with E-state index in [1.54, 1.807) is 0 Å². The summed E-state index contributed by atoms with van der Waals surface area (Å²) in [6.45, 7) is -3.21. The zero-order chi connectivity index (χ0) is 13.3. The normalized spacial score (nSPS) is 16.7. The molecule has 0 saturated heterocycles. The predicted octanol–water partition coefficient (Wildman–Crippen LogP) is 1.95. The lowest BCUT2D eigenvalue weighted by Crippen LogP contribution is -2.26. The molecule has 1 fully saturated rings. The monoisotopic (exact) mass is 262 g/mol. The molecule has 1 aliphatic carbocycles. The molecule has 0 amide bonds. The molecule has 1 aromatic rings. The Hall–Kier alpha value is -1.63. The van der Waals surface area contributed by atoms with Crippen molar-refractivity contribution in [2.45, 2.75) is 25.0 Å². The van der Waals surface area contributed by atoms with Crippen LogP contribution in [0.3, 0.4) is 0 Å². The smallest absolute Gasteiger partial charge is 0.387 e. The average Bonchev–Trinajstić information content (AvgIpc) is 3.05. The van der Waals surface area contributed by atoms with Gasteiger partial charge in [0.15, 0.2) is 11.6 Å². The Morgan fingerprint density at radius 2 is 2.11 bits per heavy atom. The summed E-state index contributed by atoms with van der Waals surface area (Å²) in [7, 11) is 0. The predicted molar refractivity (Wildman–Crippen MR) is 60.1 cm³/mol. The molecule has 0 bridgehead atoms. The molecule has 0 aliphatic heterocycles. The van der Waals surface area contributed by atoms with Crippen LogP contribution in [0.25, 0.3) is 0 Å². The van der Waals surface area contributed by atoms with E-state index in [2.05, 4.69) is 10.1 Å². The molecule has 7 heteroatoms. The van der Waals surface area contributed by atoms with Crippen molar-refractivity contribution < 1.29 is 23.0 Å². The molecule has 0 atom stereocenters. The lowest BCUT2D eigenvalue weighted by atomic mass is 10.2. The van der Waals surface area contributed by atoms with Gasteiger partial charge in [-0.25, -0.2) is 4.39 Å². The first-order valence-electron chi connectivity index (χ1n) is 5.39. The zero-order valence-electron chi connectivity index (χ0n) is 9.42. The van der Waals surface area contributed by atoms with Crippen LogP contribution in [0.15, 0.2) is 12.1 Å². The van der Waals surface area contributed by atoms with Crippen molar-refractivity contribution in [3.63, 3.8) is 0 Å². The quantitative estimate of drug-likeness (QED) is 0.709. The third-order valence-electron chi connectivity index (χ3n) is 2.88. The number of benzene rings is 1. The standard InChI is InChI=1S/C11H13F3N2O2/c12-6-3-7(15)8(4-9(6)18-10(13)14)16-11(5-17)1-2-11/h3-4,10,16-17H,1-2,5,15H2. The summed E-state index contributed by atoms with van der Waals surface area (Å²) in [6.07, 6.45) is 1.48. The van der Waals surface area contributed by atoms with E-state index in [9.17, 15) is 13.2 Å². The number of alkyl halides is 2. The van der Waals surface area contributed by atoms with Gasteiger partial charge in [-0.3, -0.25) is 0 Å². The number of aliphatic hydroxyl groups excluding tert-OH is 1. The molecule has 1 saturated carbocycles. The van der Waals surface area contributed by atoms with Crippen LogP contribution in [-0.4, -0.2) is 23.9 Å². The van der Waals surface area contributed by atoms with E-state index in [-0.39, 0.29) is 18.0 Å². The fourth-order valence-corrected chi connectivity index (χ4v) is 1.62. The van der Waals surface area contributed by atoms with Gasteiger partial charge in [-0.1, -0.05) is 0 Å². The van der Waals surface area contributed by atoms with Crippen molar-refractivity contribution in [1.29, 1.82) is 0 Å². The van der Waals surface area contributed by atoms with E-state index in [0.717, 1.165) is 25.0 Å². The van der Waals surface area contributed by atoms with E-state index < -0.39 is 23.7 Å². The van der Waals surface area contributed by atoms with Gasteiger partial charge in [-0.05, 0) is 12.8 Å². The number of hydrogen-bond donors (Lipinski definition) is 3. The van der Waals surface area contributed by atoms with Crippen LogP contribution in [0.1, 0.15) is 12.8 Å². The van der Waals surface area contributed by atoms with Crippen LogP contribution in [-0.2, 0) is 0 Å². The van der Waals surface area contributed by atoms with Gasteiger partial charge in [0, 0.05) is 12.1 Å². The molecular weight excluding hydrogens is 249 g/mol. The molecule has 1 aromatic carbocycles. The third kappa shape index (κ3) is 2.61. The molecule has 100 valence electrons. The second-order valence-corrected chi connectivity index (χ2v) is 4.31. The molecule has 0 heterocycles.